The highest BCUT2D eigenvalue weighted by Crippen LogP contribution is 2.02. The average Bonchev–Trinajstić information content (AvgIpc) is 2.57. The molecular weight excluding hydrogens is 346 g/mol. The number of carboxylic acids is 1. The first-order valence-corrected chi connectivity index (χ1v) is 8.34. The van der Waals surface area contributed by atoms with Crippen molar-refractivity contribution < 1.29 is 29.4 Å². The molecule has 0 bridgehead atoms. The second-order valence-corrected chi connectivity index (χ2v) is 5.95. The third-order valence-corrected chi connectivity index (χ3v) is 3.54. The maximum Gasteiger partial charge on any atom is 0.328 e. The lowest BCUT2D eigenvalue weighted by Gasteiger charge is -2.22. The summed E-state index contributed by atoms with van der Waals surface area (Å²) in [6.45, 7) is 2.48. The van der Waals surface area contributed by atoms with Gasteiger partial charge in [-0.1, -0.05) is 0 Å². The summed E-state index contributed by atoms with van der Waals surface area (Å²) in [5, 5.41) is 24.7. The van der Waals surface area contributed by atoms with E-state index < -0.39 is 54.5 Å². The summed E-state index contributed by atoms with van der Waals surface area (Å²) in [4.78, 5) is 46.9. The van der Waals surface area contributed by atoms with Gasteiger partial charge in [-0.3, -0.25) is 14.4 Å². The quantitative estimate of drug-likeness (QED) is 0.175. The summed E-state index contributed by atoms with van der Waals surface area (Å²) < 4.78 is 0. The van der Waals surface area contributed by atoms with Crippen LogP contribution in [-0.4, -0.2) is 71.2 Å². The first-order valence-electron chi connectivity index (χ1n) is 8.34. The molecule has 150 valence electrons. The van der Waals surface area contributed by atoms with Crippen LogP contribution in [0.5, 0.6) is 0 Å². The number of aliphatic hydroxyl groups is 1. The van der Waals surface area contributed by atoms with Crippen LogP contribution in [0.1, 0.15) is 33.1 Å². The van der Waals surface area contributed by atoms with Crippen LogP contribution in [0.2, 0.25) is 0 Å². The number of unbranched alkanes of at least 4 members (excludes halogenated alkanes) is 1. The molecule has 11 nitrogen and oxygen atoms in total. The number of amides is 3. The van der Waals surface area contributed by atoms with Crippen LogP contribution in [-0.2, 0) is 19.2 Å². The largest absolute Gasteiger partial charge is 0.480 e. The second-order valence-electron chi connectivity index (χ2n) is 5.95. The van der Waals surface area contributed by atoms with Gasteiger partial charge in [-0.05, 0) is 39.7 Å². The van der Waals surface area contributed by atoms with Crippen LogP contribution in [0, 0.1) is 0 Å². The Hall–Kier alpha value is -2.24. The Morgan fingerprint density at radius 1 is 0.923 bits per heavy atom. The Balaban J connectivity index is 4.84. The lowest BCUT2D eigenvalue weighted by Crippen LogP contribution is -2.56. The topological polar surface area (TPSA) is 197 Å². The maximum atomic E-state index is 12.4. The Labute approximate surface area is 151 Å². The van der Waals surface area contributed by atoms with E-state index in [9.17, 15) is 19.2 Å². The summed E-state index contributed by atoms with van der Waals surface area (Å²) in [6.07, 6.45) is 1.55. The highest BCUT2D eigenvalue weighted by Gasteiger charge is 2.27. The van der Waals surface area contributed by atoms with Gasteiger partial charge in [0, 0.05) is 0 Å². The molecule has 0 aliphatic rings. The fourth-order valence-electron chi connectivity index (χ4n) is 1.93. The molecule has 0 aromatic rings. The predicted octanol–water partition coefficient (Wildman–Crippen LogP) is -2.99. The van der Waals surface area contributed by atoms with Crippen LogP contribution in [0.3, 0.4) is 0 Å². The number of nitrogens with one attached hydrogen (secondary N) is 3. The molecule has 0 aromatic carbocycles. The van der Waals surface area contributed by atoms with Crippen molar-refractivity contribution in [3.63, 3.8) is 0 Å². The zero-order chi connectivity index (χ0) is 20.3. The number of hydrogen-bond acceptors (Lipinski definition) is 7. The molecule has 0 radical (unpaired) electrons. The van der Waals surface area contributed by atoms with Crippen molar-refractivity contribution in [1.82, 2.24) is 16.0 Å². The number of carbonyl (C=O) groups is 4. The van der Waals surface area contributed by atoms with Crippen LogP contribution < -0.4 is 27.4 Å². The molecule has 0 saturated carbocycles. The molecule has 0 rings (SSSR count). The number of rotatable bonds is 12. The normalized spacial score (nSPS) is 15.3. The molecule has 0 aliphatic heterocycles. The van der Waals surface area contributed by atoms with E-state index in [1.807, 2.05) is 0 Å². The van der Waals surface area contributed by atoms with E-state index in [1.165, 1.54) is 13.8 Å². The van der Waals surface area contributed by atoms with Gasteiger partial charge in [0.2, 0.25) is 17.7 Å². The second kappa shape index (κ2) is 12.2. The molecule has 0 spiro atoms. The minimum atomic E-state index is -1.47. The summed E-state index contributed by atoms with van der Waals surface area (Å²) in [7, 11) is 0. The minimum Gasteiger partial charge on any atom is -0.480 e. The van der Waals surface area contributed by atoms with Crippen LogP contribution in [0.4, 0.5) is 0 Å². The van der Waals surface area contributed by atoms with Gasteiger partial charge >= 0.3 is 5.97 Å². The molecule has 0 unspecified atom stereocenters. The molecule has 0 fully saturated rings. The van der Waals surface area contributed by atoms with Gasteiger partial charge in [0.05, 0.1) is 12.6 Å². The maximum absolute atomic E-state index is 12.4. The Bertz CT molecular complexity index is 499. The molecule has 3 amide bonds. The monoisotopic (exact) mass is 375 g/mol. The molecule has 0 aliphatic carbocycles. The standard InChI is InChI=1S/C15H29N5O6/c1-8(17)12(22)19-10(5-3-4-6-16)14(24)18-9(2)13(23)20-11(7-21)15(25)26/h8-11,21H,3-7,16-17H2,1-2H3,(H,18,24)(H,19,22)(H,20,23)(H,25,26)/t8-,9-,10-,11-/m0/s1. The van der Waals surface area contributed by atoms with Gasteiger partial charge in [0.1, 0.15) is 18.1 Å². The van der Waals surface area contributed by atoms with Gasteiger partial charge in [0.15, 0.2) is 0 Å². The molecule has 0 heterocycles. The Morgan fingerprint density at radius 3 is 1.96 bits per heavy atom. The lowest BCUT2D eigenvalue weighted by molar-refractivity contribution is -0.143. The first-order chi connectivity index (χ1) is 12.1. The van der Waals surface area contributed by atoms with Crippen LogP contribution in [0.25, 0.3) is 0 Å². The SMILES string of the molecule is C[C@H](N)C(=O)N[C@@H](CCCCN)C(=O)N[C@@H](C)C(=O)N[C@@H](CO)C(=O)O. The van der Waals surface area contributed by atoms with Crippen molar-refractivity contribution in [2.24, 2.45) is 11.5 Å². The predicted molar refractivity (Wildman–Crippen MR) is 92.7 cm³/mol. The van der Waals surface area contributed by atoms with E-state index in [2.05, 4.69) is 16.0 Å². The van der Waals surface area contributed by atoms with Crippen molar-refractivity contribution in [3.05, 3.63) is 0 Å². The van der Waals surface area contributed by atoms with E-state index in [0.29, 0.717) is 25.8 Å². The van der Waals surface area contributed by atoms with Gasteiger partial charge in [-0.25, -0.2) is 4.79 Å². The lowest BCUT2D eigenvalue weighted by atomic mass is 10.1. The molecule has 9 N–H and O–H groups in total. The fraction of sp³-hybridized carbons (Fsp3) is 0.733. The van der Waals surface area contributed by atoms with Crippen molar-refractivity contribution in [1.29, 1.82) is 0 Å². The molecule has 4 atom stereocenters. The number of carbonyl (C=O) groups excluding carboxylic acids is 3. The Morgan fingerprint density at radius 2 is 1.50 bits per heavy atom. The highest BCUT2D eigenvalue weighted by atomic mass is 16.4. The summed E-state index contributed by atoms with van der Waals surface area (Å²) in [6, 6.07) is -4.25. The molecule has 0 saturated heterocycles. The third kappa shape index (κ3) is 8.74. The van der Waals surface area contributed by atoms with E-state index in [-0.39, 0.29) is 0 Å². The number of aliphatic hydroxyl groups excluding tert-OH is 1. The molecular formula is C15H29N5O6. The molecule has 0 aromatic heterocycles. The minimum absolute atomic E-state index is 0.310. The van der Waals surface area contributed by atoms with E-state index in [1.54, 1.807) is 0 Å². The zero-order valence-electron chi connectivity index (χ0n) is 15.0. The summed E-state index contributed by atoms with van der Waals surface area (Å²) in [5.74, 6) is -3.29. The van der Waals surface area contributed by atoms with Crippen molar-refractivity contribution >= 4 is 23.7 Å². The number of hydrogen-bond donors (Lipinski definition) is 7. The van der Waals surface area contributed by atoms with E-state index in [0.717, 1.165) is 0 Å². The van der Waals surface area contributed by atoms with Crippen molar-refractivity contribution in [2.75, 3.05) is 13.2 Å². The number of nitrogens with two attached hydrogens (primary N) is 2. The summed E-state index contributed by atoms with van der Waals surface area (Å²) in [5.41, 5.74) is 10.9. The van der Waals surface area contributed by atoms with Crippen LogP contribution in [0.15, 0.2) is 0 Å². The van der Waals surface area contributed by atoms with E-state index in [4.69, 9.17) is 21.7 Å². The third-order valence-electron chi connectivity index (χ3n) is 3.54. The number of carboxylic acid groups (broad SMARTS) is 1. The highest BCUT2D eigenvalue weighted by molar-refractivity contribution is 5.93. The average molecular weight is 375 g/mol. The molecule has 26 heavy (non-hydrogen) atoms. The van der Waals surface area contributed by atoms with Gasteiger partial charge in [-0.2, -0.15) is 0 Å². The van der Waals surface area contributed by atoms with Gasteiger partial charge in [0.25, 0.3) is 0 Å². The first kappa shape index (κ1) is 23.8. The van der Waals surface area contributed by atoms with E-state index >= 15 is 0 Å². The Kier molecular flexibility index (Phi) is 11.1. The number of aliphatic carboxylic acids is 1. The smallest absolute Gasteiger partial charge is 0.328 e. The fourth-order valence-corrected chi connectivity index (χ4v) is 1.93. The van der Waals surface area contributed by atoms with Gasteiger partial charge in [-0.15, -0.1) is 0 Å². The van der Waals surface area contributed by atoms with Gasteiger partial charge < -0.3 is 37.6 Å². The van der Waals surface area contributed by atoms with Crippen molar-refractivity contribution in [2.45, 2.75) is 57.3 Å². The molecule has 11 heteroatoms. The zero-order valence-corrected chi connectivity index (χ0v) is 15.0. The van der Waals surface area contributed by atoms with Crippen LogP contribution >= 0.6 is 0 Å². The summed E-state index contributed by atoms with van der Waals surface area (Å²) >= 11 is 0. The van der Waals surface area contributed by atoms with Crippen molar-refractivity contribution in [3.8, 4) is 0 Å².